The lowest BCUT2D eigenvalue weighted by Crippen LogP contribution is -2.35. The number of imidazole rings is 1. The van der Waals surface area contributed by atoms with Crippen molar-refractivity contribution < 1.29 is 4.52 Å². The monoisotopic (exact) mass is 310 g/mol. The number of anilines is 1. The molecule has 0 amide bonds. The smallest absolute Gasteiger partial charge is 0.261 e. The molecule has 7 nitrogen and oxygen atoms in total. The summed E-state index contributed by atoms with van der Waals surface area (Å²) in [6, 6.07) is 3.87. The van der Waals surface area contributed by atoms with Crippen molar-refractivity contribution in [1.29, 1.82) is 0 Å². The van der Waals surface area contributed by atoms with Gasteiger partial charge in [-0.2, -0.15) is 4.98 Å². The third-order valence-corrected chi connectivity index (χ3v) is 4.17. The number of rotatable bonds is 3. The summed E-state index contributed by atoms with van der Waals surface area (Å²) >= 11 is 0. The molecule has 1 saturated heterocycles. The fourth-order valence-electron chi connectivity index (χ4n) is 3.12. The molecule has 7 heteroatoms. The van der Waals surface area contributed by atoms with E-state index in [0.29, 0.717) is 17.6 Å². The highest BCUT2D eigenvalue weighted by molar-refractivity contribution is 5.69. The van der Waals surface area contributed by atoms with E-state index in [9.17, 15) is 0 Å². The number of nitrogens with zero attached hydrogens (tertiary/aromatic N) is 5. The molecule has 1 N–H and O–H groups in total. The second-order valence-electron chi connectivity index (χ2n) is 5.78. The number of aromatic nitrogens is 5. The molecule has 0 bridgehead atoms. The summed E-state index contributed by atoms with van der Waals surface area (Å²) in [5.74, 6) is 3.47. The quantitative estimate of drug-likeness (QED) is 0.800. The topological polar surface area (TPSA) is 83.7 Å². The van der Waals surface area contributed by atoms with Crippen LogP contribution in [0.15, 0.2) is 35.2 Å². The first-order valence-electron chi connectivity index (χ1n) is 7.81. The van der Waals surface area contributed by atoms with Crippen molar-refractivity contribution in [3.05, 3.63) is 42.4 Å². The van der Waals surface area contributed by atoms with E-state index in [4.69, 9.17) is 4.52 Å². The minimum Gasteiger partial charge on any atom is -0.355 e. The van der Waals surface area contributed by atoms with E-state index in [2.05, 4.69) is 30.0 Å². The summed E-state index contributed by atoms with van der Waals surface area (Å²) in [7, 11) is 0. The average molecular weight is 310 g/mol. The van der Waals surface area contributed by atoms with Gasteiger partial charge in [-0.25, -0.2) is 9.97 Å². The number of pyridine rings is 1. The van der Waals surface area contributed by atoms with Crippen molar-refractivity contribution in [3.63, 3.8) is 0 Å². The third-order valence-electron chi connectivity index (χ3n) is 4.17. The van der Waals surface area contributed by atoms with E-state index in [-0.39, 0.29) is 0 Å². The number of hydrogen-bond donors (Lipinski definition) is 1. The van der Waals surface area contributed by atoms with Crippen molar-refractivity contribution in [2.45, 2.75) is 25.7 Å². The Bertz CT molecular complexity index is 781. The molecule has 3 aromatic rings. The molecule has 1 unspecified atom stereocenters. The highest BCUT2D eigenvalue weighted by atomic mass is 16.5. The fraction of sp³-hybridized carbons (Fsp3) is 0.375. The zero-order valence-corrected chi connectivity index (χ0v) is 12.9. The molecule has 0 radical (unpaired) electrons. The molecule has 1 atom stereocenters. The molecule has 3 aromatic heterocycles. The summed E-state index contributed by atoms with van der Waals surface area (Å²) in [6.45, 7) is 3.66. The van der Waals surface area contributed by atoms with Crippen molar-refractivity contribution in [2.75, 3.05) is 18.0 Å². The Hall–Kier alpha value is -2.70. The van der Waals surface area contributed by atoms with Crippen LogP contribution in [0.1, 0.15) is 30.4 Å². The Kier molecular flexibility index (Phi) is 3.53. The molecule has 23 heavy (non-hydrogen) atoms. The number of aryl methyl sites for hydroxylation is 1. The largest absolute Gasteiger partial charge is 0.355 e. The maximum atomic E-state index is 5.33. The van der Waals surface area contributed by atoms with E-state index in [1.807, 2.05) is 31.5 Å². The molecule has 118 valence electrons. The van der Waals surface area contributed by atoms with Gasteiger partial charge in [-0.1, -0.05) is 5.16 Å². The molecule has 1 aliphatic rings. The minimum atomic E-state index is 0.387. The highest BCUT2D eigenvalue weighted by Crippen LogP contribution is 2.32. The Balaban J connectivity index is 1.65. The van der Waals surface area contributed by atoms with Crippen LogP contribution < -0.4 is 4.90 Å². The van der Waals surface area contributed by atoms with Crippen LogP contribution in [0.2, 0.25) is 0 Å². The minimum absolute atomic E-state index is 0.387. The SMILES string of the molecule is Cc1noc(-c2cccnc2N2CCCC(c3ncc[nH]3)C2)n1. The number of hydrogen-bond acceptors (Lipinski definition) is 6. The molecule has 0 saturated carbocycles. The Morgan fingerprint density at radius 3 is 3.04 bits per heavy atom. The van der Waals surface area contributed by atoms with Gasteiger partial charge in [0, 0.05) is 37.6 Å². The van der Waals surface area contributed by atoms with Crippen LogP contribution in [0, 0.1) is 6.92 Å². The van der Waals surface area contributed by atoms with Gasteiger partial charge in [-0.3, -0.25) is 0 Å². The van der Waals surface area contributed by atoms with E-state index in [0.717, 1.165) is 43.1 Å². The van der Waals surface area contributed by atoms with Crippen molar-refractivity contribution in [3.8, 4) is 11.5 Å². The summed E-state index contributed by atoms with van der Waals surface area (Å²) in [4.78, 5) is 18.8. The second kappa shape index (κ2) is 5.83. The summed E-state index contributed by atoms with van der Waals surface area (Å²) < 4.78 is 5.33. The van der Waals surface area contributed by atoms with Crippen molar-refractivity contribution >= 4 is 5.82 Å². The van der Waals surface area contributed by atoms with Gasteiger partial charge in [0.05, 0.1) is 5.56 Å². The van der Waals surface area contributed by atoms with Gasteiger partial charge < -0.3 is 14.4 Å². The van der Waals surface area contributed by atoms with Gasteiger partial charge in [-0.05, 0) is 31.9 Å². The predicted molar refractivity (Wildman–Crippen MR) is 85.0 cm³/mol. The Morgan fingerprint density at radius 1 is 1.30 bits per heavy atom. The Labute approximate surface area is 133 Å². The molecule has 0 spiro atoms. The van der Waals surface area contributed by atoms with Gasteiger partial charge in [0.15, 0.2) is 5.82 Å². The van der Waals surface area contributed by atoms with Crippen LogP contribution in [0.4, 0.5) is 5.82 Å². The third kappa shape index (κ3) is 2.69. The lowest BCUT2D eigenvalue weighted by atomic mass is 9.97. The summed E-state index contributed by atoms with van der Waals surface area (Å²) in [6.07, 6.45) is 7.72. The molecular weight excluding hydrogens is 292 g/mol. The first-order chi connectivity index (χ1) is 11.3. The standard InChI is InChI=1S/C16H18N6O/c1-11-20-16(23-21-11)13-5-2-6-19-15(13)22-9-3-4-12(10-22)14-17-7-8-18-14/h2,5-8,12H,3-4,9-10H2,1H3,(H,17,18). The van der Waals surface area contributed by atoms with Crippen LogP contribution in [-0.4, -0.2) is 38.2 Å². The number of H-pyrrole nitrogens is 1. The second-order valence-corrected chi connectivity index (χ2v) is 5.78. The number of nitrogens with one attached hydrogen (secondary N) is 1. The first kappa shape index (κ1) is 13.9. The molecule has 1 fully saturated rings. The number of piperidine rings is 1. The molecule has 4 rings (SSSR count). The lowest BCUT2D eigenvalue weighted by Gasteiger charge is -2.33. The molecular formula is C16H18N6O. The van der Waals surface area contributed by atoms with Crippen LogP contribution >= 0.6 is 0 Å². The first-order valence-corrected chi connectivity index (χ1v) is 7.81. The van der Waals surface area contributed by atoms with E-state index in [1.165, 1.54) is 0 Å². The summed E-state index contributed by atoms with van der Waals surface area (Å²) in [5.41, 5.74) is 0.883. The molecule has 1 aliphatic heterocycles. The summed E-state index contributed by atoms with van der Waals surface area (Å²) in [5, 5.41) is 3.89. The lowest BCUT2D eigenvalue weighted by molar-refractivity contribution is 0.425. The zero-order valence-electron chi connectivity index (χ0n) is 12.9. The van der Waals surface area contributed by atoms with E-state index >= 15 is 0 Å². The van der Waals surface area contributed by atoms with Crippen LogP contribution in [0.25, 0.3) is 11.5 Å². The van der Waals surface area contributed by atoms with Crippen LogP contribution in [0.3, 0.4) is 0 Å². The van der Waals surface area contributed by atoms with Crippen LogP contribution in [0.5, 0.6) is 0 Å². The van der Waals surface area contributed by atoms with Gasteiger partial charge >= 0.3 is 0 Å². The Morgan fingerprint density at radius 2 is 2.26 bits per heavy atom. The number of aromatic amines is 1. The van der Waals surface area contributed by atoms with Gasteiger partial charge in [0.25, 0.3) is 5.89 Å². The van der Waals surface area contributed by atoms with Gasteiger partial charge in [0.1, 0.15) is 11.6 Å². The normalized spacial score (nSPS) is 18.3. The van der Waals surface area contributed by atoms with E-state index in [1.54, 1.807) is 6.20 Å². The average Bonchev–Trinajstić information content (AvgIpc) is 3.27. The van der Waals surface area contributed by atoms with Crippen molar-refractivity contribution in [2.24, 2.45) is 0 Å². The maximum absolute atomic E-state index is 5.33. The van der Waals surface area contributed by atoms with Gasteiger partial charge in [0.2, 0.25) is 0 Å². The van der Waals surface area contributed by atoms with Gasteiger partial charge in [-0.15, -0.1) is 0 Å². The zero-order chi connectivity index (χ0) is 15.6. The molecule has 0 aliphatic carbocycles. The van der Waals surface area contributed by atoms with Crippen molar-refractivity contribution in [1.82, 2.24) is 25.1 Å². The molecule has 0 aromatic carbocycles. The highest BCUT2D eigenvalue weighted by Gasteiger charge is 2.26. The maximum Gasteiger partial charge on any atom is 0.261 e. The fourth-order valence-corrected chi connectivity index (χ4v) is 3.12. The van der Waals surface area contributed by atoms with E-state index < -0.39 is 0 Å². The molecule has 4 heterocycles. The predicted octanol–water partition coefficient (Wildman–Crippen LogP) is 2.55. The van der Waals surface area contributed by atoms with Crippen LogP contribution in [-0.2, 0) is 0 Å².